The largest absolute Gasteiger partial charge is 0.494 e. The van der Waals surface area contributed by atoms with Gasteiger partial charge in [0.15, 0.2) is 0 Å². The van der Waals surface area contributed by atoms with Gasteiger partial charge in [0.2, 0.25) is 5.60 Å². The van der Waals surface area contributed by atoms with Gasteiger partial charge in [0.1, 0.15) is 17.1 Å². The number of amides is 1. The predicted molar refractivity (Wildman–Crippen MR) is 143 cm³/mol. The van der Waals surface area contributed by atoms with Gasteiger partial charge >= 0.3 is 6.18 Å². The third kappa shape index (κ3) is 4.92. The van der Waals surface area contributed by atoms with E-state index in [1.165, 1.54) is 42.6 Å². The summed E-state index contributed by atoms with van der Waals surface area (Å²) in [5, 5.41) is 15.2. The van der Waals surface area contributed by atoms with Crippen LogP contribution in [0.4, 0.5) is 23.2 Å². The highest BCUT2D eigenvalue weighted by Gasteiger charge is 2.57. The number of halogens is 4. The summed E-state index contributed by atoms with van der Waals surface area (Å²) in [5.74, 6) is 4.93. The highest BCUT2D eigenvalue weighted by Crippen LogP contribution is 2.46. The van der Waals surface area contributed by atoms with Gasteiger partial charge < -0.3 is 25.9 Å². The third-order valence-electron chi connectivity index (χ3n) is 7.06. The zero-order valence-electron chi connectivity index (χ0n) is 22.0. The number of methoxy groups -OCH3 is 1. The third-order valence-corrected chi connectivity index (χ3v) is 7.06. The van der Waals surface area contributed by atoms with Crippen LogP contribution in [0, 0.1) is 5.82 Å². The van der Waals surface area contributed by atoms with E-state index in [-0.39, 0.29) is 40.4 Å². The highest BCUT2D eigenvalue weighted by atomic mass is 19.4. The Balaban J connectivity index is 1.58. The molecule has 0 unspecified atom stereocenters. The summed E-state index contributed by atoms with van der Waals surface area (Å²) in [6.07, 6.45) is -3.74. The van der Waals surface area contributed by atoms with Crippen molar-refractivity contribution < 1.29 is 32.2 Å². The number of hydrogen-bond acceptors (Lipinski definition) is 8. The van der Waals surface area contributed by atoms with Crippen LogP contribution >= 0.6 is 0 Å². The summed E-state index contributed by atoms with van der Waals surface area (Å²) >= 11 is 0. The second kappa shape index (κ2) is 9.94. The van der Waals surface area contributed by atoms with Crippen molar-refractivity contribution in [1.82, 2.24) is 15.3 Å². The van der Waals surface area contributed by atoms with Crippen molar-refractivity contribution in [2.24, 2.45) is 11.6 Å². The van der Waals surface area contributed by atoms with E-state index in [1.807, 2.05) is 0 Å². The van der Waals surface area contributed by atoms with Gasteiger partial charge in [0.25, 0.3) is 5.91 Å². The Morgan fingerprint density at radius 1 is 1.20 bits per heavy atom. The molecular formula is C28H26F4N6O3. The van der Waals surface area contributed by atoms with Crippen molar-refractivity contribution in [3.05, 3.63) is 83.4 Å². The second-order valence-corrected chi connectivity index (χ2v) is 10.1. The lowest BCUT2D eigenvalue weighted by molar-refractivity contribution is -0.265. The Kier molecular flexibility index (Phi) is 6.84. The van der Waals surface area contributed by atoms with Crippen LogP contribution < -0.4 is 26.6 Å². The maximum atomic E-state index is 14.6. The van der Waals surface area contributed by atoms with Crippen LogP contribution in [0.25, 0.3) is 22.2 Å². The molecule has 0 saturated carbocycles. The molecule has 0 bridgehead atoms. The Morgan fingerprint density at radius 2 is 1.90 bits per heavy atom. The number of carbonyl (C=O) groups is 1. The molecule has 1 amide bonds. The number of nitrogens with two attached hydrogens (primary N) is 2. The van der Waals surface area contributed by atoms with Crippen molar-refractivity contribution in [3.63, 3.8) is 0 Å². The van der Waals surface area contributed by atoms with Crippen LogP contribution in [0.5, 0.6) is 5.75 Å². The Labute approximate surface area is 231 Å². The number of benzene rings is 2. The van der Waals surface area contributed by atoms with Crippen molar-refractivity contribution in [3.8, 4) is 17.0 Å². The van der Waals surface area contributed by atoms with Gasteiger partial charge in [0, 0.05) is 28.3 Å². The maximum absolute atomic E-state index is 14.6. The minimum absolute atomic E-state index is 0.00547. The van der Waals surface area contributed by atoms with Crippen molar-refractivity contribution in [1.29, 1.82) is 0 Å². The van der Waals surface area contributed by atoms with Gasteiger partial charge in [-0.25, -0.2) is 15.2 Å². The number of rotatable bonds is 6. The standard InChI is InChI=1S/C28H26F4N6O3/c1-26(33)14-38(34)24-19(26)12-21(37-23(24)15-5-7-18(29)8-6-15)27(40,28(30,31)32)13-36-25(39)17-10-16-4-3-9-35-22(16)20(11-17)41-2/h3-12,40H,13-14,33-34H2,1-2H3,(H,36,39)/t26-,27-/m1/s1. The van der Waals surface area contributed by atoms with E-state index < -0.39 is 41.3 Å². The molecule has 0 fully saturated rings. The average Bonchev–Trinajstić information content (AvgIpc) is 3.17. The van der Waals surface area contributed by atoms with E-state index in [2.05, 4.69) is 15.3 Å². The molecule has 1 aliphatic rings. The Bertz CT molecular complexity index is 1640. The fraction of sp³-hybridized carbons (Fsp3) is 0.250. The van der Waals surface area contributed by atoms with Gasteiger partial charge in [-0.3, -0.25) is 9.78 Å². The van der Waals surface area contributed by atoms with Gasteiger partial charge in [-0.05, 0) is 55.5 Å². The molecule has 13 heteroatoms. The van der Waals surface area contributed by atoms with Crippen LogP contribution in [-0.4, -0.2) is 47.4 Å². The quantitative estimate of drug-likeness (QED) is 0.204. The first-order chi connectivity index (χ1) is 19.2. The van der Waals surface area contributed by atoms with Crippen molar-refractivity contribution >= 4 is 22.5 Å². The van der Waals surface area contributed by atoms with Crippen LogP contribution in [0.1, 0.15) is 28.5 Å². The molecule has 6 N–H and O–H groups in total. The van der Waals surface area contributed by atoms with E-state index in [4.69, 9.17) is 16.3 Å². The number of fused-ring (bicyclic) bond motifs is 2. The van der Waals surface area contributed by atoms with Gasteiger partial charge in [-0.15, -0.1) is 0 Å². The number of carbonyl (C=O) groups excluding carboxylic acids is 1. The number of pyridine rings is 2. The molecule has 4 aromatic rings. The molecule has 0 spiro atoms. The lowest BCUT2D eigenvalue weighted by Crippen LogP contribution is -2.51. The number of aromatic nitrogens is 2. The zero-order valence-corrected chi connectivity index (χ0v) is 22.0. The Morgan fingerprint density at radius 3 is 2.56 bits per heavy atom. The Hall–Kier alpha value is -4.33. The number of ether oxygens (including phenoxy) is 1. The van der Waals surface area contributed by atoms with Gasteiger partial charge in [-0.1, -0.05) is 6.07 Å². The number of hydrazine groups is 1. The lowest BCUT2D eigenvalue weighted by Gasteiger charge is -2.32. The highest BCUT2D eigenvalue weighted by molar-refractivity contribution is 6.00. The summed E-state index contributed by atoms with van der Waals surface area (Å²) in [5.41, 5.74) is 1.86. The normalized spacial score (nSPS) is 18.2. The molecule has 9 nitrogen and oxygen atoms in total. The topological polar surface area (TPSA) is 140 Å². The smallest absolute Gasteiger partial charge is 0.424 e. The molecule has 214 valence electrons. The minimum Gasteiger partial charge on any atom is -0.494 e. The number of nitrogens with one attached hydrogen (secondary N) is 1. The monoisotopic (exact) mass is 570 g/mol. The molecule has 2 aromatic heterocycles. The molecule has 0 aliphatic carbocycles. The van der Waals surface area contributed by atoms with Crippen molar-refractivity contribution in [2.45, 2.75) is 24.2 Å². The predicted octanol–water partition coefficient (Wildman–Crippen LogP) is 3.49. The van der Waals surface area contributed by atoms with E-state index >= 15 is 0 Å². The first-order valence-corrected chi connectivity index (χ1v) is 12.4. The van der Waals surface area contributed by atoms with E-state index in [9.17, 15) is 27.5 Å². The number of nitrogens with zero attached hydrogens (tertiary/aromatic N) is 3. The molecule has 41 heavy (non-hydrogen) atoms. The number of alkyl halides is 3. The van der Waals surface area contributed by atoms with Crippen LogP contribution in [0.2, 0.25) is 0 Å². The molecule has 5 rings (SSSR count). The van der Waals surface area contributed by atoms with Crippen molar-refractivity contribution in [2.75, 3.05) is 25.2 Å². The first kappa shape index (κ1) is 28.2. The summed E-state index contributed by atoms with van der Waals surface area (Å²) in [6, 6.07) is 12.0. The molecule has 3 heterocycles. The maximum Gasteiger partial charge on any atom is 0.424 e. The van der Waals surface area contributed by atoms with E-state index in [0.29, 0.717) is 10.9 Å². The zero-order chi connectivity index (χ0) is 29.7. The van der Waals surface area contributed by atoms with Crippen LogP contribution in [0.15, 0.2) is 60.8 Å². The van der Waals surface area contributed by atoms with E-state index in [0.717, 1.165) is 18.2 Å². The fourth-order valence-corrected chi connectivity index (χ4v) is 4.90. The first-order valence-electron chi connectivity index (χ1n) is 12.4. The number of hydrogen-bond donors (Lipinski definition) is 4. The summed E-state index contributed by atoms with van der Waals surface area (Å²) in [4.78, 5) is 21.4. The molecule has 2 aromatic carbocycles. The molecule has 0 saturated heterocycles. The van der Waals surface area contributed by atoms with Gasteiger partial charge in [-0.2, -0.15) is 13.2 Å². The molecule has 2 atom stereocenters. The van der Waals surface area contributed by atoms with Crippen LogP contribution in [0.3, 0.4) is 0 Å². The fourth-order valence-electron chi connectivity index (χ4n) is 4.90. The minimum atomic E-state index is -5.28. The number of anilines is 1. The average molecular weight is 571 g/mol. The summed E-state index contributed by atoms with van der Waals surface area (Å²) in [7, 11) is 1.37. The molecular weight excluding hydrogens is 544 g/mol. The van der Waals surface area contributed by atoms with Gasteiger partial charge in [0.05, 0.1) is 42.8 Å². The lowest BCUT2D eigenvalue weighted by atomic mass is 9.89. The van der Waals surface area contributed by atoms with E-state index in [1.54, 1.807) is 19.1 Å². The number of aliphatic hydroxyl groups is 1. The summed E-state index contributed by atoms with van der Waals surface area (Å²) < 4.78 is 62.7. The second-order valence-electron chi connectivity index (χ2n) is 10.1. The molecule has 0 radical (unpaired) electrons. The SMILES string of the molecule is COc1cc(C(=O)NC[C@@](O)(c2cc3c(c(-c4ccc(F)cc4)n2)N(N)C[C@@]3(C)N)C(F)(F)F)cc2cccnc12. The van der Waals surface area contributed by atoms with Crippen LogP contribution in [-0.2, 0) is 11.1 Å². The summed E-state index contributed by atoms with van der Waals surface area (Å²) in [6.45, 7) is 0.347. The molecule has 1 aliphatic heterocycles.